The lowest BCUT2D eigenvalue weighted by Crippen LogP contribution is -2.38. The molecular formula is C25H30O3. The molecule has 0 N–H and O–H groups in total. The highest BCUT2D eigenvalue weighted by Crippen LogP contribution is 2.44. The van der Waals surface area contributed by atoms with E-state index in [2.05, 4.69) is 39.5 Å². The molecule has 0 spiro atoms. The predicted molar refractivity (Wildman–Crippen MR) is 116 cm³/mol. The van der Waals surface area contributed by atoms with Crippen molar-refractivity contribution in [2.45, 2.75) is 65.4 Å². The minimum atomic E-state index is -0.494. The molecule has 2 heterocycles. The van der Waals surface area contributed by atoms with Crippen LogP contribution in [0.1, 0.15) is 58.1 Å². The second kappa shape index (κ2) is 7.83. The first-order valence-electron chi connectivity index (χ1n) is 9.93. The van der Waals surface area contributed by atoms with Gasteiger partial charge in [0.05, 0.1) is 10.9 Å². The second-order valence-electron chi connectivity index (χ2n) is 8.36. The lowest BCUT2D eigenvalue weighted by molar-refractivity contribution is 0.181. The van der Waals surface area contributed by atoms with Gasteiger partial charge in [0.15, 0.2) is 0 Å². The first-order valence-corrected chi connectivity index (χ1v) is 9.93. The van der Waals surface area contributed by atoms with Gasteiger partial charge < -0.3 is 9.15 Å². The van der Waals surface area contributed by atoms with Crippen molar-refractivity contribution in [1.29, 1.82) is 0 Å². The van der Waals surface area contributed by atoms with E-state index in [9.17, 15) is 4.79 Å². The fourth-order valence-corrected chi connectivity index (χ4v) is 3.98. The Morgan fingerprint density at radius 2 is 2.07 bits per heavy atom. The van der Waals surface area contributed by atoms with Crippen LogP contribution in [0.2, 0.25) is 0 Å². The lowest BCUT2D eigenvalue weighted by atomic mass is 9.75. The summed E-state index contributed by atoms with van der Waals surface area (Å²) in [6, 6.07) is 5.73. The monoisotopic (exact) mass is 378 g/mol. The first-order chi connectivity index (χ1) is 13.2. The molecule has 1 aliphatic rings. The Morgan fingerprint density at radius 3 is 2.75 bits per heavy atom. The zero-order valence-electron chi connectivity index (χ0n) is 17.6. The van der Waals surface area contributed by atoms with Crippen LogP contribution in [0.25, 0.3) is 11.0 Å². The van der Waals surface area contributed by atoms with E-state index in [1.807, 2.05) is 38.1 Å². The van der Waals surface area contributed by atoms with Gasteiger partial charge in [-0.3, -0.25) is 0 Å². The van der Waals surface area contributed by atoms with Gasteiger partial charge in [-0.05, 0) is 58.2 Å². The summed E-state index contributed by atoms with van der Waals surface area (Å²) in [5.41, 5.74) is 3.99. The van der Waals surface area contributed by atoms with Crippen molar-refractivity contribution in [3.63, 3.8) is 0 Å². The third-order valence-corrected chi connectivity index (χ3v) is 5.57. The largest absolute Gasteiger partial charge is 0.485 e. The molecule has 3 heteroatoms. The van der Waals surface area contributed by atoms with Crippen LogP contribution in [-0.4, -0.2) is 6.10 Å². The quantitative estimate of drug-likeness (QED) is 0.447. The molecular weight excluding hydrogens is 348 g/mol. The van der Waals surface area contributed by atoms with Crippen molar-refractivity contribution < 1.29 is 9.15 Å². The Hall–Kier alpha value is -2.55. The molecule has 0 bridgehead atoms. The molecule has 0 amide bonds. The molecule has 3 rings (SSSR count). The minimum Gasteiger partial charge on any atom is -0.485 e. The maximum atomic E-state index is 12.8. The van der Waals surface area contributed by atoms with E-state index >= 15 is 0 Å². The Balaban J connectivity index is 2.07. The highest BCUT2D eigenvalue weighted by Gasteiger charge is 2.39. The van der Waals surface area contributed by atoms with Crippen LogP contribution in [0, 0.1) is 6.92 Å². The summed E-state index contributed by atoms with van der Waals surface area (Å²) in [5, 5.41) is 0.880. The molecule has 0 fully saturated rings. The number of allylic oxidation sites excluding steroid dienone is 4. The van der Waals surface area contributed by atoms with Gasteiger partial charge in [-0.25, -0.2) is 4.79 Å². The summed E-state index contributed by atoms with van der Waals surface area (Å²) in [7, 11) is 0. The fraction of sp³-hybridized carbons (Fsp3) is 0.400. The molecule has 0 saturated carbocycles. The number of rotatable bonds is 5. The van der Waals surface area contributed by atoms with E-state index in [0.717, 1.165) is 23.8 Å². The number of aryl methyl sites for hydroxylation is 1. The summed E-state index contributed by atoms with van der Waals surface area (Å²) in [6.45, 7) is 14.5. The predicted octanol–water partition coefficient (Wildman–Crippen LogP) is 6.39. The molecule has 3 nitrogen and oxygen atoms in total. The van der Waals surface area contributed by atoms with Crippen LogP contribution in [-0.2, 0) is 5.41 Å². The Morgan fingerprint density at radius 1 is 1.32 bits per heavy atom. The molecule has 2 atom stereocenters. The summed E-state index contributed by atoms with van der Waals surface area (Å²) >= 11 is 0. The standard InChI is InChI=1S/C25H30O3/c1-7-25(6)15-19(14-17(4)11-8-10-16(2)3)27-23-21-18(5)12-9-13-20(21)28-24(26)22(23)25/h7,9-10,12-14,19H,1,8,11,15H2,2-6H3/b17-14+/t19-,25+/m1/s1. The number of benzene rings is 1. The summed E-state index contributed by atoms with van der Waals surface area (Å²) in [4.78, 5) is 12.8. The van der Waals surface area contributed by atoms with E-state index in [1.165, 1.54) is 11.1 Å². The van der Waals surface area contributed by atoms with Crippen LogP contribution in [0.4, 0.5) is 0 Å². The number of ether oxygens (including phenoxy) is 1. The van der Waals surface area contributed by atoms with E-state index in [4.69, 9.17) is 9.15 Å². The van der Waals surface area contributed by atoms with E-state index in [-0.39, 0.29) is 11.7 Å². The highest BCUT2D eigenvalue weighted by molar-refractivity contribution is 5.88. The van der Waals surface area contributed by atoms with Gasteiger partial charge in [0, 0.05) is 11.8 Å². The minimum absolute atomic E-state index is 0.105. The SMILES string of the molecule is C=C[C@@]1(C)C[C@@H](/C=C(\C)CCC=C(C)C)Oc2c1c(=O)oc1cccc(C)c21. The summed E-state index contributed by atoms with van der Waals surface area (Å²) in [6.07, 6.45) is 8.90. The van der Waals surface area contributed by atoms with Gasteiger partial charge in [-0.1, -0.05) is 42.4 Å². The van der Waals surface area contributed by atoms with Crippen LogP contribution >= 0.6 is 0 Å². The maximum absolute atomic E-state index is 12.8. The molecule has 1 aliphatic heterocycles. The van der Waals surface area contributed by atoms with Crippen molar-refractivity contribution in [3.8, 4) is 5.75 Å². The van der Waals surface area contributed by atoms with Gasteiger partial charge >= 0.3 is 5.63 Å². The van der Waals surface area contributed by atoms with Crippen LogP contribution in [0.5, 0.6) is 5.75 Å². The zero-order chi connectivity index (χ0) is 20.5. The van der Waals surface area contributed by atoms with E-state index < -0.39 is 5.41 Å². The molecule has 0 radical (unpaired) electrons. The third-order valence-electron chi connectivity index (χ3n) is 5.57. The Labute approximate surface area is 167 Å². The molecule has 0 saturated heterocycles. The highest BCUT2D eigenvalue weighted by atomic mass is 16.5. The van der Waals surface area contributed by atoms with Gasteiger partial charge in [0.25, 0.3) is 0 Å². The number of fused-ring (bicyclic) bond motifs is 3. The van der Waals surface area contributed by atoms with Gasteiger partial charge in [0.1, 0.15) is 17.4 Å². The van der Waals surface area contributed by atoms with Crippen molar-refractivity contribution in [1.82, 2.24) is 0 Å². The molecule has 148 valence electrons. The molecule has 2 aromatic rings. The zero-order valence-corrected chi connectivity index (χ0v) is 17.6. The van der Waals surface area contributed by atoms with Crippen LogP contribution in [0.3, 0.4) is 0 Å². The Kier molecular flexibility index (Phi) is 5.64. The smallest absolute Gasteiger partial charge is 0.344 e. The van der Waals surface area contributed by atoms with E-state index in [0.29, 0.717) is 23.3 Å². The van der Waals surface area contributed by atoms with Crippen molar-refractivity contribution in [3.05, 3.63) is 75.7 Å². The number of hydrogen-bond donors (Lipinski definition) is 0. The normalized spacial score (nSPS) is 21.8. The first kappa shape index (κ1) is 20.2. The van der Waals surface area contributed by atoms with E-state index in [1.54, 1.807) is 0 Å². The second-order valence-corrected chi connectivity index (χ2v) is 8.36. The van der Waals surface area contributed by atoms with Gasteiger partial charge in [-0.2, -0.15) is 0 Å². The van der Waals surface area contributed by atoms with Crippen molar-refractivity contribution in [2.24, 2.45) is 0 Å². The molecule has 1 aromatic heterocycles. The number of hydrogen-bond acceptors (Lipinski definition) is 3. The lowest BCUT2D eigenvalue weighted by Gasteiger charge is -2.36. The molecule has 0 unspecified atom stereocenters. The fourth-order valence-electron chi connectivity index (χ4n) is 3.98. The van der Waals surface area contributed by atoms with Crippen LogP contribution < -0.4 is 10.4 Å². The van der Waals surface area contributed by atoms with Crippen molar-refractivity contribution >= 4 is 11.0 Å². The van der Waals surface area contributed by atoms with Crippen molar-refractivity contribution in [2.75, 3.05) is 0 Å². The molecule has 1 aromatic carbocycles. The summed E-state index contributed by atoms with van der Waals surface area (Å²) in [5.74, 6) is 0.649. The average molecular weight is 379 g/mol. The van der Waals surface area contributed by atoms with Gasteiger partial charge in [0.2, 0.25) is 0 Å². The average Bonchev–Trinajstić information content (AvgIpc) is 2.60. The maximum Gasteiger partial charge on any atom is 0.344 e. The topological polar surface area (TPSA) is 39.4 Å². The van der Waals surface area contributed by atoms with Gasteiger partial charge in [-0.15, -0.1) is 6.58 Å². The third kappa shape index (κ3) is 3.84. The van der Waals surface area contributed by atoms with Crippen LogP contribution in [0.15, 0.2) is 63.4 Å². The Bertz CT molecular complexity index is 1020. The molecule has 0 aliphatic carbocycles. The molecule has 28 heavy (non-hydrogen) atoms. The summed E-state index contributed by atoms with van der Waals surface area (Å²) < 4.78 is 12.0.